The third kappa shape index (κ3) is 3.13. The Morgan fingerprint density at radius 2 is 1.73 bits per heavy atom. The molecular weight excluding hydrogens is 308 g/mol. The van der Waals surface area contributed by atoms with Crippen molar-refractivity contribution in [1.29, 1.82) is 0 Å². The Kier molecular flexibility index (Phi) is 5.15. The van der Waals surface area contributed by atoms with Gasteiger partial charge in [-0.1, -0.05) is 0 Å². The van der Waals surface area contributed by atoms with Gasteiger partial charge in [0.05, 0.1) is 21.3 Å². The minimum Gasteiger partial charge on any atom is -0.496 e. The number of piperazine rings is 1. The molecule has 0 spiro atoms. The number of benzene rings is 1. The van der Waals surface area contributed by atoms with Crippen molar-refractivity contribution in [3.05, 3.63) is 12.1 Å². The van der Waals surface area contributed by atoms with Crippen LogP contribution in [-0.2, 0) is 10.0 Å². The number of hydrogen-bond donors (Lipinski definition) is 1. The Labute approximate surface area is 131 Å². The molecule has 124 valence electrons. The maximum absolute atomic E-state index is 13.0. The van der Waals surface area contributed by atoms with Gasteiger partial charge in [0.2, 0.25) is 0 Å². The van der Waals surface area contributed by atoms with Crippen molar-refractivity contribution in [1.82, 2.24) is 9.62 Å². The van der Waals surface area contributed by atoms with Crippen molar-refractivity contribution in [3.63, 3.8) is 0 Å². The lowest BCUT2D eigenvalue weighted by Crippen LogP contribution is -2.51. The first-order chi connectivity index (χ1) is 10.4. The lowest BCUT2D eigenvalue weighted by Gasteiger charge is -2.31. The highest BCUT2D eigenvalue weighted by atomic mass is 32.2. The van der Waals surface area contributed by atoms with Crippen LogP contribution in [0.5, 0.6) is 17.2 Å². The van der Waals surface area contributed by atoms with E-state index < -0.39 is 10.0 Å². The SMILES string of the molecule is COc1cc(OC)c(S(=O)(=O)N2CCNC(C)C2)c(OC)c1. The fourth-order valence-corrected chi connectivity index (χ4v) is 4.27. The van der Waals surface area contributed by atoms with E-state index in [4.69, 9.17) is 14.2 Å². The van der Waals surface area contributed by atoms with Crippen LogP contribution in [0.4, 0.5) is 0 Å². The molecule has 1 aromatic rings. The predicted octanol–water partition coefficient (Wildman–Crippen LogP) is 0.695. The molecule has 0 bridgehead atoms. The molecule has 0 radical (unpaired) electrons. The summed E-state index contributed by atoms with van der Waals surface area (Å²) in [6.45, 7) is 3.37. The van der Waals surface area contributed by atoms with Gasteiger partial charge in [0, 0.05) is 37.8 Å². The first kappa shape index (κ1) is 16.9. The summed E-state index contributed by atoms with van der Waals surface area (Å²) in [5.41, 5.74) is 0. The fraction of sp³-hybridized carbons (Fsp3) is 0.571. The Morgan fingerprint density at radius 1 is 1.14 bits per heavy atom. The number of methoxy groups -OCH3 is 3. The molecule has 7 nitrogen and oxygen atoms in total. The maximum atomic E-state index is 13.0. The summed E-state index contributed by atoms with van der Waals surface area (Å²) in [6, 6.07) is 3.18. The largest absolute Gasteiger partial charge is 0.496 e. The molecule has 0 saturated carbocycles. The van der Waals surface area contributed by atoms with E-state index >= 15 is 0 Å². The topological polar surface area (TPSA) is 77.1 Å². The Bertz CT molecular complexity index is 607. The van der Waals surface area contributed by atoms with Crippen molar-refractivity contribution >= 4 is 10.0 Å². The third-order valence-corrected chi connectivity index (χ3v) is 5.53. The van der Waals surface area contributed by atoms with Crippen LogP contribution >= 0.6 is 0 Å². The highest BCUT2D eigenvalue weighted by molar-refractivity contribution is 7.89. The maximum Gasteiger partial charge on any atom is 0.250 e. The lowest BCUT2D eigenvalue weighted by molar-refractivity contribution is 0.305. The smallest absolute Gasteiger partial charge is 0.250 e. The van der Waals surface area contributed by atoms with Gasteiger partial charge in [0.15, 0.2) is 4.90 Å². The second-order valence-corrected chi connectivity index (χ2v) is 6.95. The van der Waals surface area contributed by atoms with Gasteiger partial charge in [0.1, 0.15) is 17.2 Å². The Morgan fingerprint density at radius 3 is 2.18 bits per heavy atom. The van der Waals surface area contributed by atoms with Crippen LogP contribution in [0.3, 0.4) is 0 Å². The second kappa shape index (κ2) is 6.72. The Hall–Kier alpha value is -1.51. The highest BCUT2D eigenvalue weighted by Gasteiger charge is 2.34. The zero-order valence-electron chi connectivity index (χ0n) is 13.3. The Balaban J connectivity index is 2.54. The molecule has 1 unspecified atom stereocenters. The van der Waals surface area contributed by atoms with Crippen molar-refractivity contribution in [2.75, 3.05) is 41.0 Å². The number of ether oxygens (including phenoxy) is 3. The van der Waals surface area contributed by atoms with Crippen molar-refractivity contribution in [2.24, 2.45) is 0 Å². The molecule has 1 fully saturated rings. The summed E-state index contributed by atoms with van der Waals surface area (Å²) in [6.07, 6.45) is 0. The second-order valence-electron chi connectivity index (χ2n) is 5.08. The summed E-state index contributed by atoms with van der Waals surface area (Å²) in [7, 11) is 0.631. The number of nitrogens with one attached hydrogen (secondary N) is 1. The van der Waals surface area contributed by atoms with E-state index in [-0.39, 0.29) is 22.4 Å². The van der Waals surface area contributed by atoms with Crippen molar-refractivity contribution in [3.8, 4) is 17.2 Å². The minimum absolute atomic E-state index is 0.0346. The lowest BCUT2D eigenvalue weighted by atomic mass is 10.3. The van der Waals surface area contributed by atoms with Gasteiger partial charge >= 0.3 is 0 Å². The van der Waals surface area contributed by atoms with E-state index in [2.05, 4.69) is 5.32 Å². The molecule has 0 amide bonds. The summed E-state index contributed by atoms with van der Waals surface area (Å²) in [5, 5.41) is 3.22. The quantitative estimate of drug-likeness (QED) is 0.856. The average Bonchev–Trinajstić information content (AvgIpc) is 2.53. The van der Waals surface area contributed by atoms with E-state index in [0.29, 0.717) is 25.4 Å². The predicted molar refractivity (Wildman–Crippen MR) is 82.3 cm³/mol. The van der Waals surface area contributed by atoms with Crippen LogP contribution in [0.2, 0.25) is 0 Å². The molecule has 2 rings (SSSR count). The van der Waals surface area contributed by atoms with Crippen LogP contribution in [0.15, 0.2) is 17.0 Å². The average molecular weight is 330 g/mol. The summed E-state index contributed by atoms with van der Waals surface area (Å²) in [5.74, 6) is 0.895. The van der Waals surface area contributed by atoms with E-state index in [1.807, 2.05) is 6.92 Å². The molecule has 22 heavy (non-hydrogen) atoms. The van der Waals surface area contributed by atoms with Gasteiger partial charge < -0.3 is 19.5 Å². The number of hydrogen-bond acceptors (Lipinski definition) is 6. The number of nitrogens with zero attached hydrogens (tertiary/aromatic N) is 1. The molecule has 1 N–H and O–H groups in total. The van der Waals surface area contributed by atoms with Crippen LogP contribution < -0.4 is 19.5 Å². The monoisotopic (exact) mass is 330 g/mol. The number of sulfonamides is 1. The molecule has 1 heterocycles. The first-order valence-corrected chi connectivity index (χ1v) is 8.41. The fourth-order valence-electron chi connectivity index (χ4n) is 2.47. The molecule has 1 aliphatic rings. The highest BCUT2D eigenvalue weighted by Crippen LogP contribution is 2.39. The van der Waals surface area contributed by atoms with Crippen LogP contribution in [0, 0.1) is 0 Å². The first-order valence-electron chi connectivity index (χ1n) is 6.97. The van der Waals surface area contributed by atoms with E-state index in [1.165, 1.54) is 25.6 Å². The molecule has 1 aliphatic heterocycles. The van der Waals surface area contributed by atoms with E-state index in [0.717, 1.165) is 0 Å². The molecule has 1 aromatic carbocycles. The zero-order chi connectivity index (χ0) is 16.3. The van der Waals surface area contributed by atoms with Gasteiger partial charge in [-0.2, -0.15) is 4.31 Å². The van der Waals surface area contributed by atoms with Crippen LogP contribution in [0.1, 0.15) is 6.92 Å². The van der Waals surface area contributed by atoms with E-state index in [1.54, 1.807) is 12.1 Å². The van der Waals surface area contributed by atoms with Crippen molar-refractivity contribution in [2.45, 2.75) is 17.9 Å². The van der Waals surface area contributed by atoms with E-state index in [9.17, 15) is 8.42 Å². The summed E-state index contributed by atoms with van der Waals surface area (Å²) < 4.78 is 43.1. The summed E-state index contributed by atoms with van der Waals surface area (Å²) in [4.78, 5) is 0.0346. The normalized spacial score (nSPS) is 19.7. The van der Waals surface area contributed by atoms with Crippen LogP contribution in [0.25, 0.3) is 0 Å². The summed E-state index contributed by atoms with van der Waals surface area (Å²) >= 11 is 0. The third-order valence-electron chi connectivity index (χ3n) is 3.60. The molecular formula is C14H22N2O5S. The molecule has 1 saturated heterocycles. The van der Waals surface area contributed by atoms with Gasteiger partial charge in [0.25, 0.3) is 10.0 Å². The van der Waals surface area contributed by atoms with Gasteiger partial charge in [-0.3, -0.25) is 0 Å². The minimum atomic E-state index is -3.72. The molecule has 0 aromatic heterocycles. The van der Waals surface area contributed by atoms with Crippen LogP contribution in [-0.4, -0.2) is 59.7 Å². The van der Waals surface area contributed by atoms with Gasteiger partial charge in [-0.05, 0) is 6.92 Å². The van der Waals surface area contributed by atoms with Crippen molar-refractivity contribution < 1.29 is 22.6 Å². The van der Waals surface area contributed by atoms with Gasteiger partial charge in [-0.25, -0.2) is 8.42 Å². The molecule has 0 aliphatic carbocycles. The number of rotatable bonds is 5. The zero-order valence-corrected chi connectivity index (χ0v) is 14.1. The molecule has 1 atom stereocenters. The molecule has 8 heteroatoms. The van der Waals surface area contributed by atoms with Gasteiger partial charge in [-0.15, -0.1) is 0 Å². The standard InChI is InChI=1S/C14H22N2O5S/c1-10-9-16(6-5-15-10)22(17,18)14-12(20-3)7-11(19-2)8-13(14)21-4/h7-8,10,15H,5-6,9H2,1-4H3.